The minimum atomic E-state index is -0.437. The molecule has 0 aromatic heterocycles. The second kappa shape index (κ2) is 7.01. The second-order valence-electron chi connectivity index (χ2n) is 4.70. The molecule has 1 heterocycles. The molecule has 16 heavy (non-hydrogen) atoms. The maximum absolute atomic E-state index is 11.5. The summed E-state index contributed by atoms with van der Waals surface area (Å²) < 4.78 is 5.22. The average molecular weight is 249 g/mol. The first kappa shape index (κ1) is 15.6. The van der Waals surface area contributed by atoms with Crippen LogP contribution in [-0.2, 0) is 4.74 Å². The van der Waals surface area contributed by atoms with Gasteiger partial charge in [-0.05, 0) is 39.9 Å². The van der Waals surface area contributed by atoms with Crippen LogP contribution in [0.4, 0.5) is 4.79 Å². The highest BCUT2D eigenvalue weighted by molar-refractivity contribution is 7.79. The predicted molar refractivity (Wildman–Crippen MR) is 68.0 cm³/mol. The van der Waals surface area contributed by atoms with E-state index >= 15 is 0 Å². The van der Waals surface area contributed by atoms with E-state index in [-0.39, 0.29) is 12.2 Å². The van der Waals surface area contributed by atoms with Crippen molar-refractivity contribution in [2.24, 2.45) is 0 Å². The summed E-state index contributed by atoms with van der Waals surface area (Å²) in [6.45, 7) is 6.74. The summed E-state index contributed by atoms with van der Waals surface area (Å²) in [5, 5.41) is 9.26. The Morgan fingerprint density at radius 3 is 2.12 bits per heavy atom. The maximum atomic E-state index is 11.5. The highest BCUT2D eigenvalue weighted by Crippen LogP contribution is 2.14. The van der Waals surface area contributed by atoms with Gasteiger partial charge in [-0.1, -0.05) is 0 Å². The Morgan fingerprint density at radius 1 is 1.31 bits per heavy atom. The maximum Gasteiger partial charge on any atom is 0.410 e. The summed E-state index contributed by atoms with van der Waals surface area (Å²) in [5.41, 5.74) is -0.437. The van der Waals surface area contributed by atoms with Gasteiger partial charge in [0.05, 0.1) is 6.10 Å². The number of carbonyl (C=O) groups excluding carboxylic acids is 1. The molecule has 0 spiro atoms. The van der Waals surface area contributed by atoms with Gasteiger partial charge in [0.15, 0.2) is 0 Å². The number of rotatable bonds is 0. The van der Waals surface area contributed by atoms with E-state index < -0.39 is 5.60 Å². The summed E-state index contributed by atoms with van der Waals surface area (Å²) in [6, 6.07) is 0. The third-order valence-corrected chi connectivity index (χ3v) is 2.12. The standard InChI is InChI=1S/C10H19NO3.CH4S/c1-10(2,3)14-9(13)11-6-4-8(12)5-7-11;1-2/h8,12H,4-7H2,1-3H3;2H,1H3. The van der Waals surface area contributed by atoms with Crippen LogP contribution < -0.4 is 0 Å². The van der Waals surface area contributed by atoms with E-state index in [0.717, 1.165) is 0 Å². The lowest BCUT2D eigenvalue weighted by atomic mass is 10.1. The lowest BCUT2D eigenvalue weighted by Gasteiger charge is -2.31. The number of likely N-dealkylation sites (tertiary alicyclic amines) is 1. The number of hydrogen-bond acceptors (Lipinski definition) is 4. The zero-order valence-corrected chi connectivity index (χ0v) is 11.5. The van der Waals surface area contributed by atoms with Gasteiger partial charge in [-0.15, -0.1) is 0 Å². The third kappa shape index (κ3) is 6.23. The minimum Gasteiger partial charge on any atom is -0.444 e. The molecule has 1 saturated heterocycles. The molecule has 0 aliphatic carbocycles. The molecule has 0 aromatic rings. The van der Waals surface area contributed by atoms with E-state index in [1.807, 2.05) is 20.8 Å². The van der Waals surface area contributed by atoms with Crippen molar-refractivity contribution in [2.45, 2.75) is 45.3 Å². The van der Waals surface area contributed by atoms with Gasteiger partial charge in [0.1, 0.15) is 5.60 Å². The number of amides is 1. The fraction of sp³-hybridized carbons (Fsp3) is 0.909. The lowest BCUT2D eigenvalue weighted by molar-refractivity contribution is 0.0101. The first-order valence-corrected chi connectivity index (χ1v) is 6.38. The van der Waals surface area contributed by atoms with Crippen molar-refractivity contribution in [3.05, 3.63) is 0 Å². The number of ether oxygens (including phenoxy) is 1. The normalized spacial score (nSPS) is 17.5. The number of thiol groups is 1. The second-order valence-corrected chi connectivity index (χ2v) is 4.70. The molecule has 1 rings (SSSR count). The third-order valence-electron chi connectivity index (χ3n) is 2.12. The Kier molecular flexibility index (Phi) is 6.83. The quantitative estimate of drug-likeness (QED) is 0.645. The fourth-order valence-corrected chi connectivity index (χ4v) is 1.37. The fourth-order valence-electron chi connectivity index (χ4n) is 1.37. The summed E-state index contributed by atoms with van der Waals surface area (Å²) in [4.78, 5) is 13.2. The Balaban J connectivity index is 0.00000106. The topological polar surface area (TPSA) is 49.8 Å². The number of aliphatic hydroxyl groups is 1. The SMILES string of the molecule is CC(C)(C)OC(=O)N1CCC(O)CC1.CS. The molecular formula is C11H23NO3S. The summed E-state index contributed by atoms with van der Waals surface area (Å²) in [7, 11) is 0. The molecule has 96 valence electrons. The molecule has 1 aliphatic heterocycles. The molecule has 1 fully saturated rings. The van der Waals surface area contributed by atoms with Gasteiger partial charge in [-0.2, -0.15) is 12.6 Å². The van der Waals surface area contributed by atoms with Gasteiger partial charge in [0, 0.05) is 13.1 Å². The molecule has 4 nitrogen and oxygen atoms in total. The van der Waals surface area contributed by atoms with Crippen LogP contribution >= 0.6 is 12.6 Å². The zero-order valence-electron chi connectivity index (χ0n) is 10.6. The smallest absolute Gasteiger partial charge is 0.410 e. The Bertz CT molecular complexity index is 208. The highest BCUT2D eigenvalue weighted by Gasteiger charge is 2.25. The van der Waals surface area contributed by atoms with Crippen LogP contribution in [0.5, 0.6) is 0 Å². The van der Waals surface area contributed by atoms with Crippen molar-refractivity contribution in [1.82, 2.24) is 4.90 Å². The minimum absolute atomic E-state index is 0.256. The summed E-state index contributed by atoms with van der Waals surface area (Å²) in [6.07, 6.45) is 2.47. The van der Waals surface area contributed by atoms with Crippen molar-refractivity contribution >= 4 is 18.7 Å². The molecule has 1 N–H and O–H groups in total. The number of hydrogen-bond donors (Lipinski definition) is 2. The van der Waals surface area contributed by atoms with Crippen molar-refractivity contribution in [1.29, 1.82) is 0 Å². The predicted octanol–water partition coefficient (Wildman–Crippen LogP) is 1.92. The Hall–Kier alpha value is -0.420. The van der Waals surface area contributed by atoms with Crippen LogP contribution in [0.1, 0.15) is 33.6 Å². The lowest BCUT2D eigenvalue weighted by Crippen LogP contribution is -2.42. The number of aliphatic hydroxyl groups excluding tert-OH is 1. The largest absolute Gasteiger partial charge is 0.444 e. The van der Waals surface area contributed by atoms with E-state index in [4.69, 9.17) is 4.74 Å². The summed E-state index contributed by atoms with van der Waals surface area (Å²) in [5.74, 6) is 0. The van der Waals surface area contributed by atoms with E-state index in [0.29, 0.717) is 25.9 Å². The van der Waals surface area contributed by atoms with Gasteiger partial charge >= 0.3 is 6.09 Å². The van der Waals surface area contributed by atoms with Gasteiger partial charge in [0.25, 0.3) is 0 Å². The molecular weight excluding hydrogens is 226 g/mol. The van der Waals surface area contributed by atoms with Crippen LogP contribution in [-0.4, -0.2) is 47.1 Å². The van der Waals surface area contributed by atoms with Crippen LogP contribution in [0.25, 0.3) is 0 Å². The highest BCUT2D eigenvalue weighted by atomic mass is 32.1. The van der Waals surface area contributed by atoms with Gasteiger partial charge in [-0.3, -0.25) is 0 Å². The molecule has 0 atom stereocenters. The number of carbonyl (C=O) groups is 1. The van der Waals surface area contributed by atoms with E-state index in [1.54, 1.807) is 11.2 Å². The van der Waals surface area contributed by atoms with Gasteiger partial charge in [0.2, 0.25) is 0 Å². The molecule has 0 bridgehead atoms. The first-order chi connectivity index (χ1) is 7.38. The van der Waals surface area contributed by atoms with Crippen molar-refractivity contribution in [3.63, 3.8) is 0 Å². The van der Waals surface area contributed by atoms with Gasteiger partial charge in [-0.25, -0.2) is 4.79 Å². The molecule has 0 aromatic carbocycles. The van der Waals surface area contributed by atoms with Gasteiger partial charge < -0.3 is 14.7 Å². The average Bonchev–Trinajstić information content (AvgIpc) is 2.19. The molecule has 0 radical (unpaired) electrons. The zero-order chi connectivity index (χ0) is 12.8. The molecule has 0 unspecified atom stereocenters. The van der Waals surface area contributed by atoms with Crippen LogP contribution in [0, 0.1) is 0 Å². The van der Waals surface area contributed by atoms with Crippen LogP contribution in [0.2, 0.25) is 0 Å². The monoisotopic (exact) mass is 249 g/mol. The Morgan fingerprint density at radius 2 is 1.75 bits per heavy atom. The number of piperidine rings is 1. The van der Waals surface area contributed by atoms with E-state index in [2.05, 4.69) is 12.6 Å². The Labute approximate surface area is 103 Å². The number of nitrogens with zero attached hydrogens (tertiary/aromatic N) is 1. The molecule has 0 saturated carbocycles. The van der Waals surface area contributed by atoms with E-state index in [9.17, 15) is 9.90 Å². The van der Waals surface area contributed by atoms with Crippen molar-refractivity contribution in [3.8, 4) is 0 Å². The van der Waals surface area contributed by atoms with Crippen LogP contribution in [0.15, 0.2) is 0 Å². The molecule has 1 amide bonds. The molecule has 1 aliphatic rings. The first-order valence-electron chi connectivity index (χ1n) is 5.49. The summed E-state index contributed by atoms with van der Waals surface area (Å²) >= 11 is 3.53. The van der Waals surface area contributed by atoms with Crippen LogP contribution in [0.3, 0.4) is 0 Å². The molecule has 5 heteroatoms. The van der Waals surface area contributed by atoms with Crippen molar-refractivity contribution in [2.75, 3.05) is 19.3 Å². The van der Waals surface area contributed by atoms with E-state index in [1.165, 1.54) is 0 Å². The van der Waals surface area contributed by atoms with Crippen molar-refractivity contribution < 1.29 is 14.6 Å².